The molecule has 3 aromatic carbocycles. The lowest BCUT2D eigenvalue weighted by atomic mass is 10.2. The highest BCUT2D eigenvalue weighted by molar-refractivity contribution is 5.51. The van der Waals surface area contributed by atoms with E-state index >= 15 is 0 Å². The molecular weight excluding hydrogens is 504 g/mol. The SMILES string of the molecule is CCN(CC)c1cccc(OCCCOc2cc(CO)cc(OCCCOc3cccc(N(CC)CC)c3)c2)c1. The van der Waals surface area contributed by atoms with Crippen molar-refractivity contribution in [2.45, 2.75) is 47.1 Å². The van der Waals surface area contributed by atoms with Crippen molar-refractivity contribution >= 4 is 11.4 Å². The highest BCUT2D eigenvalue weighted by atomic mass is 16.5. The van der Waals surface area contributed by atoms with E-state index in [-0.39, 0.29) is 6.61 Å². The minimum Gasteiger partial charge on any atom is -0.493 e. The third kappa shape index (κ3) is 9.87. The molecule has 0 saturated heterocycles. The van der Waals surface area contributed by atoms with Gasteiger partial charge in [0.05, 0.1) is 33.0 Å². The maximum Gasteiger partial charge on any atom is 0.123 e. The molecular formula is C33H46N2O5. The second-order valence-electron chi connectivity index (χ2n) is 9.41. The lowest BCUT2D eigenvalue weighted by Crippen LogP contribution is -2.21. The predicted molar refractivity (Wildman–Crippen MR) is 164 cm³/mol. The second-order valence-corrected chi connectivity index (χ2v) is 9.41. The Labute approximate surface area is 240 Å². The Morgan fingerprint density at radius 1 is 0.525 bits per heavy atom. The van der Waals surface area contributed by atoms with Gasteiger partial charge < -0.3 is 33.9 Å². The third-order valence-corrected chi connectivity index (χ3v) is 6.67. The van der Waals surface area contributed by atoms with Gasteiger partial charge in [0.25, 0.3) is 0 Å². The molecule has 3 rings (SSSR count). The van der Waals surface area contributed by atoms with E-state index in [0.29, 0.717) is 37.9 Å². The molecule has 0 fully saturated rings. The van der Waals surface area contributed by atoms with E-state index in [9.17, 15) is 5.11 Å². The van der Waals surface area contributed by atoms with Crippen LogP contribution < -0.4 is 28.7 Å². The molecule has 0 spiro atoms. The summed E-state index contributed by atoms with van der Waals surface area (Å²) in [4.78, 5) is 4.59. The minimum absolute atomic E-state index is 0.0778. The summed E-state index contributed by atoms with van der Waals surface area (Å²) in [6, 6.07) is 21.9. The van der Waals surface area contributed by atoms with Gasteiger partial charge in [-0.3, -0.25) is 0 Å². The Bertz CT molecular complexity index is 1050. The van der Waals surface area contributed by atoms with Gasteiger partial charge in [-0.05, 0) is 69.7 Å². The smallest absolute Gasteiger partial charge is 0.123 e. The highest BCUT2D eigenvalue weighted by Crippen LogP contribution is 2.25. The summed E-state index contributed by atoms with van der Waals surface area (Å²) in [5, 5.41) is 9.69. The maximum atomic E-state index is 9.69. The van der Waals surface area contributed by atoms with Gasteiger partial charge in [0.1, 0.15) is 23.0 Å². The van der Waals surface area contributed by atoms with E-state index in [1.54, 1.807) is 0 Å². The number of anilines is 2. The lowest BCUT2D eigenvalue weighted by Gasteiger charge is -2.21. The summed E-state index contributed by atoms with van der Waals surface area (Å²) in [5.41, 5.74) is 3.09. The van der Waals surface area contributed by atoms with Gasteiger partial charge in [0.2, 0.25) is 0 Å². The van der Waals surface area contributed by atoms with E-state index < -0.39 is 0 Å². The number of aliphatic hydroxyl groups is 1. The van der Waals surface area contributed by atoms with Gasteiger partial charge in [-0.25, -0.2) is 0 Å². The molecule has 218 valence electrons. The first-order valence-electron chi connectivity index (χ1n) is 14.6. The van der Waals surface area contributed by atoms with Crippen LogP contribution in [0.25, 0.3) is 0 Å². The van der Waals surface area contributed by atoms with Crippen LogP contribution in [-0.2, 0) is 6.61 Å². The van der Waals surface area contributed by atoms with Crippen molar-refractivity contribution in [1.82, 2.24) is 0 Å². The first kappa shape index (κ1) is 31.0. The maximum absolute atomic E-state index is 9.69. The first-order chi connectivity index (χ1) is 19.6. The quantitative estimate of drug-likeness (QED) is 0.169. The molecule has 0 heterocycles. The number of aliphatic hydroxyl groups excluding tert-OH is 1. The Morgan fingerprint density at radius 3 is 1.30 bits per heavy atom. The first-order valence-corrected chi connectivity index (χ1v) is 14.6. The van der Waals surface area contributed by atoms with E-state index in [4.69, 9.17) is 18.9 Å². The molecule has 0 atom stereocenters. The summed E-state index contributed by atoms with van der Waals surface area (Å²) in [7, 11) is 0. The largest absolute Gasteiger partial charge is 0.493 e. The fraction of sp³-hybridized carbons (Fsp3) is 0.455. The van der Waals surface area contributed by atoms with Crippen molar-refractivity contribution < 1.29 is 24.1 Å². The number of benzene rings is 3. The van der Waals surface area contributed by atoms with Crippen molar-refractivity contribution in [3.8, 4) is 23.0 Å². The molecule has 0 bridgehead atoms. The Kier molecular flexibility index (Phi) is 13.3. The van der Waals surface area contributed by atoms with Gasteiger partial charge in [0, 0.05) is 68.6 Å². The van der Waals surface area contributed by atoms with E-state index in [1.165, 1.54) is 11.4 Å². The van der Waals surface area contributed by atoms with Crippen LogP contribution in [0.15, 0.2) is 66.7 Å². The van der Waals surface area contributed by atoms with Crippen molar-refractivity contribution in [3.05, 3.63) is 72.3 Å². The predicted octanol–water partition coefficient (Wildman–Crippen LogP) is 6.57. The van der Waals surface area contributed by atoms with Gasteiger partial charge >= 0.3 is 0 Å². The molecule has 3 aromatic rings. The van der Waals surface area contributed by atoms with Crippen molar-refractivity contribution in [2.24, 2.45) is 0 Å². The molecule has 0 aliphatic heterocycles. The van der Waals surface area contributed by atoms with Crippen molar-refractivity contribution in [3.63, 3.8) is 0 Å². The number of nitrogens with zero attached hydrogens (tertiary/aromatic N) is 2. The van der Waals surface area contributed by atoms with Gasteiger partial charge in [-0.15, -0.1) is 0 Å². The number of rotatable bonds is 19. The normalized spacial score (nSPS) is 10.7. The molecule has 7 heteroatoms. The van der Waals surface area contributed by atoms with Crippen molar-refractivity contribution in [1.29, 1.82) is 0 Å². The lowest BCUT2D eigenvalue weighted by molar-refractivity contribution is 0.238. The summed E-state index contributed by atoms with van der Waals surface area (Å²) < 4.78 is 23.8. The van der Waals surface area contributed by atoms with Crippen molar-refractivity contribution in [2.75, 3.05) is 62.4 Å². The molecule has 0 aromatic heterocycles. The molecule has 0 unspecified atom stereocenters. The molecule has 40 heavy (non-hydrogen) atoms. The molecule has 0 aliphatic rings. The van der Waals surface area contributed by atoms with E-state index in [2.05, 4.69) is 61.8 Å². The van der Waals surface area contributed by atoms with Crippen LogP contribution in [0.1, 0.15) is 46.1 Å². The van der Waals surface area contributed by atoms with Crippen LogP contribution in [0.3, 0.4) is 0 Å². The Hall–Kier alpha value is -3.58. The summed E-state index contributed by atoms with van der Waals surface area (Å²) in [5.74, 6) is 3.08. The standard InChI is InChI=1S/C33H46N2O5/c1-5-34(6-2)28-13-9-15-30(23-28)37-17-11-19-39-32-21-27(26-36)22-33(25-32)40-20-12-18-38-31-16-10-14-29(24-31)35(7-3)8-4/h9-10,13-16,21-25,36H,5-8,11-12,17-20,26H2,1-4H3. The molecule has 0 amide bonds. The molecule has 0 radical (unpaired) electrons. The fourth-order valence-electron chi connectivity index (χ4n) is 4.48. The summed E-state index contributed by atoms with van der Waals surface area (Å²) >= 11 is 0. The highest BCUT2D eigenvalue weighted by Gasteiger charge is 2.07. The third-order valence-electron chi connectivity index (χ3n) is 6.67. The van der Waals surface area contributed by atoms with Crippen LogP contribution in [0.2, 0.25) is 0 Å². The Balaban J connectivity index is 1.40. The minimum atomic E-state index is -0.0778. The fourth-order valence-corrected chi connectivity index (χ4v) is 4.48. The number of hydrogen-bond acceptors (Lipinski definition) is 7. The summed E-state index contributed by atoms with van der Waals surface area (Å²) in [6.07, 6.45) is 1.48. The topological polar surface area (TPSA) is 63.6 Å². The van der Waals surface area contributed by atoms with Crippen LogP contribution in [0, 0.1) is 0 Å². The number of hydrogen-bond donors (Lipinski definition) is 1. The average molecular weight is 551 g/mol. The van der Waals surface area contributed by atoms with Gasteiger partial charge in [-0.2, -0.15) is 0 Å². The monoisotopic (exact) mass is 550 g/mol. The van der Waals surface area contributed by atoms with Crippen LogP contribution >= 0.6 is 0 Å². The van der Waals surface area contributed by atoms with Gasteiger partial charge in [-0.1, -0.05) is 12.1 Å². The van der Waals surface area contributed by atoms with Gasteiger partial charge in [0.15, 0.2) is 0 Å². The van der Waals surface area contributed by atoms with E-state index in [1.807, 2.05) is 42.5 Å². The zero-order valence-electron chi connectivity index (χ0n) is 24.6. The van der Waals surface area contributed by atoms with Crippen LogP contribution in [-0.4, -0.2) is 57.7 Å². The Morgan fingerprint density at radius 2 is 0.925 bits per heavy atom. The molecule has 0 aliphatic carbocycles. The van der Waals surface area contributed by atoms with E-state index in [0.717, 1.165) is 56.1 Å². The summed E-state index contributed by atoms with van der Waals surface area (Å²) in [6.45, 7) is 14.5. The zero-order chi connectivity index (χ0) is 28.6. The average Bonchev–Trinajstić information content (AvgIpc) is 2.98. The van der Waals surface area contributed by atoms with Crippen LogP contribution in [0.5, 0.6) is 23.0 Å². The molecule has 7 nitrogen and oxygen atoms in total. The number of ether oxygens (including phenoxy) is 4. The molecule has 1 N–H and O–H groups in total. The molecule has 0 saturated carbocycles. The second kappa shape index (κ2) is 17.2. The van der Waals surface area contributed by atoms with Crippen LogP contribution in [0.4, 0.5) is 11.4 Å². The zero-order valence-corrected chi connectivity index (χ0v) is 24.6.